The molecule has 2 N–H and O–H groups in total. The molecule has 0 saturated carbocycles. The summed E-state index contributed by atoms with van der Waals surface area (Å²) in [6, 6.07) is 12.1. The van der Waals surface area contributed by atoms with E-state index in [0.717, 1.165) is 16.8 Å². The summed E-state index contributed by atoms with van der Waals surface area (Å²) in [5.74, 6) is -1.40. The van der Waals surface area contributed by atoms with Gasteiger partial charge in [0.2, 0.25) is 11.1 Å². The molecule has 0 atom stereocenters. The number of nitrogens with one attached hydrogen (secondary N) is 1. The second kappa shape index (κ2) is 8.00. The lowest BCUT2D eigenvalue weighted by atomic mass is 10.1. The van der Waals surface area contributed by atoms with Crippen LogP contribution in [0.2, 0.25) is 0 Å². The molecule has 0 saturated heterocycles. The first-order valence-corrected chi connectivity index (χ1v) is 9.06. The minimum absolute atomic E-state index is 0.0382. The van der Waals surface area contributed by atoms with Crippen molar-refractivity contribution in [1.29, 1.82) is 0 Å². The predicted octanol–water partition coefficient (Wildman–Crippen LogP) is 2.71. The van der Waals surface area contributed by atoms with E-state index in [1.54, 1.807) is 22.9 Å². The summed E-state index contributed by atoms with van der Waals surface area (Å²) in [5.41, 5.74) is 3.20. The Hall–Kier alpha value is -3.20. The van der Waals surface area contributed by atoms with Gasteiger partial charge in [0.05, 0.1) is 22.7 Å². The molecule has 0 fully saturated rings. The smallest absolute Gasteiger partial charge is 0.337 e. The van der Waals surface area contributed by atoms with Crippen LogP contribution in [0.4, 0.5) is 5.69 Å². The number of anilines is 1. The Labute approximate surface area is 159 Å². The van der Waals surface area contributed by atoms with Crippen LogP contribution >= 0.6 is 11.8 Å². The zero-order valence-corrected chi connectivity index (χ0v) is 15.5. The molecule has 27 heavy (non-hydrogen) atoms. The lowest BCUT2D eigenvalue weighted by Crippen LogP contribution is -2.17. The van der Waals surface area contributed by atoms with Crippen molar-refractivity contribution in [2.24, 2.45) is 0 Å². The number of carbonyl (C=O) groups is 2. The van der Waals surface area contributed by atoms with Crippen molar-refractivity contribution in [3.8, 4) is 5.69 Å². The molecule has 1 amide bonds. The summed E-state index contributed by atoms with van der Waals surface area (Å²) in [4.78, 5) is 23.5. The molecule has 2 aromatic carbocycles. The first-order chi connectivity index (χ1) is 13.0. The summed E-state index contributed by atoms with van der Waals surface area (Å²) in [6.45, 7) is 3.93. The highest BCUT2D eigenvalue weighted by atomic mass is 32.2. The number of nitrogens with zero attached hydrogens (tertiary/aromatic N) is 4. The molecule has 0 aliphatic rings. The molecule has 8 nitrogen and oxygen atoms in total. The Balaban J connectivity index is 1.73. The number of tetrazole rings is 1. The van der Waals surface area contributed by atoms with E-state index in [9.17, 15) is 14.7 Å². The Morgan fingerprint density at radius 1 is 1.11 bits per heavy atom. The minimum Gasteiger partial charge on any atom is -0.478 e. The number of carboxylic acid groups (broad SMARTS) is 1. The van der Waals surface area contributed by atoms with Gasteiger partial charge >= 0.3 is 5.97 Å². The molecule has 3 rings (SSSR count). The zero-order chi connectivity index (χ0) is 19.4. The SMILES string of the molecule is Cc1cccc(C)c1-n1nnnc1SCC(=O)Nc1ccccc1C(=O)O. The van der Waals surface area contributed by atoms with Crippen LogP contribution in [0.5, 0.6) is 0 Å². The highest BCUT2D eigenvalue weighted by Gasteiger charge is 2.16. The summed E-state index contributed by atoms with van der Waals surface area (Å²) < 4.78 is 1.60. The Kier molecular flexibility index (Phi) is 5.51. The largest absolute Gasteiger partial charge is 0.478 e. The number of thioether (sulfide) groups is 1. The van der Waals surface area contributed by atoms with Gasteiger partial charge in [0, 0.05) is 0 Å². The maximum Gasteiger partial charge on any atom is 0.337 e. The molecule has 138 valence electrons. The van der Waals surface area contributed by atoms with Gasteiger partial charge in [-0.3, -0.25) is 4.79 Å². The van der Waals surface area contributed by atoms with E-state index in [0.29, 0.717) is 5.16 Å². The molecule has 0 aliphatic heterocycles. The number of para-hydroxylation sites is 2. The monoisotopic (exact) mass is 383 g/mol. The Morgan fingerprint density at radius 2 is 1.81 bits per heavy atom. The number of aromatic carboxylic acids is 1. The summed E-state index contributed by atoms with van der Waals surface area (Å²) in [6.07, 6.45) is 0. The molecule has 1 aromatic heterocycles. The van der Waals surface area contributed by atoms with Gasteiger partial charge in [0.15, 0.2) is 0 Å². The molecule has 3 aromatic rings. The number of aromatic nitrogens is 4. The second-order valence-electron chi connectivity index (χ2n) is 5.80. The molecule has 0 bridgehead atoms. The fourth-order valence-electron chi connectivity index (χ4n) is 2.64. The van der Waals surface area contributed by atoms with Crippen LogP contribution in [0, 0.1) is 13.8 Å². The number of aryl methyl sites for hydroxylation is 2. The lowest BCUT2D eigenvalue weighted by Gasteiger charge is -2.11. The van der Waals surface area contributed by atoms with Crippen molar-refractivity contribution in [3.63, 3.8) is 0 Å². The van der Waals surface area contributed by atoms with Crippen LogP contribution in [0.3, 0.4) is 0 Å². The van der Waals surface area contributed by atoms with Gasteiger partial charge in [-0.1, -0.05) is 42.1 Å². The standard InChI is InChI=1S/C18H17N5O3S/c1-11-6-5-7-12(2)16(11)23-18(20-21-22-23)27-10-15(24)19-14-9-4-3-8-13(14)17(25)26/h3-9H,10H2,1-2H3,(H,19,24)(H,25,26). The number of carbonyl (C=O) groups excluding carboxylic acids is 1. The van der Waals surface area contributed by atoms with Gasteiger partial charge in [0.1, 0.15) is 0 Å². The minimum atomic E-state index is -1.10. The second-order valence-corrected chi connectivity index (χ2v) is 6.74. The van der Waals surface area contributed by atoms with E-state index in [1.807, 2.05) is 32.0 Å². The first-order valence-electron chi connectivity index (χ1n) is 8.07. The van der Waals surface area contributed by atoms with E-state index < -0.39 is 5.97 Å². The number of benzene rings is 2. The van der Waals surface area contributed by atoms with Crippen molar-refractivity contribution >= 4 is 29.3 Å². The van der Waals surface area contributed by atoms with Crippen molar-refractivity contribution in [2.75, 3.05) is 11.1 Å². The molecular formula is C18H17N5O3S. The van der Waals surface area contributed by atoms with Crippen LogP contribution in [0.15, 0.2) is 47.6 Å². The molecule has 0 unspecified atom stereocenters. The number of carboxylic acids is 1. The van der Waals surface area contributed by atoms with Gasteiger partial charge < -0.3 is 10.4 Å². The average molecular weight is 383 g/mol. The first kappa shape index (κ1) is 18.6. The third-order valence-electron chi connectivity index (χ3n) is 3.86. The van der Waals surface area contributed by atoms with Crippen molar-refractivity contribution in [2.45, 2.75) is 19.0 Å². The van der Waals surface area contributed by atoms with Crippen molar-refractivity contribution in [1.82, 2.24) is 20.2 Å². The van der Waals surface area contributed by atoms with Gasteiger partial charge in [-0.05, 0) is 47.5 Å². The molecule has 0 radical (unpaired) electrons. The summed E-state index contributed by atoms with van der Waals surface area (Å²) >= 11 is 1.17. The van der Waals surface area contributed by atoms with Crippen LogP contribution in [-0.4, -0.2) is 42.9 Å². The predicted molar refractivity (Wildman–Crippen MR) is 101 cm³/mol. The molecule has 9 heteroatoms. The van der Waals surface area contributed by atoms with Crippen LogP contribution in [-0.2, 0) is 4.79 Å². The van der Waals surface area contributed by atoms with Crippen LogP contribution in [0.1, 0.15) is 21.5 Å². The molecule has 0 aliphatic carbocycles. The van der Waals surface area contributed by atoms with E-state index >= 15 is 0 Å². The van der Waals surface area contributed by atoms with E-state index in [4.69, 9.17) is 0 Å². The zero-order valence-electron chi connectivity index (χ0n) is 14.7. The maximum atomic E-state index is 12.3. The quantitative estimate of drug-likeness (QED) is 0.630. The maximum absolute atomic E-state index is 12.3. The van der Waals surface area contributed by atoms with E-state index in [1.165, 1.54) is 17.8 Å². The third kappa shape index (κ3) is 4.14. The summed E-state index contributed by atoms with van der Waals surface area (Å²) in [5, 5.41) is 24.0. The third-order valence-corrected chi connectivity index (χ3v) is 4.78. The number of rotatable bonds is 6. The van der Waals surface area contributed by atoms with E-state index in [2.05, 4.69) is 20.8 Å². The van der Waals surface area contributed by atoms with Gasteiger partial charge in [-0.15, -0.1) is 5.10 Å². The van der Waals surface area contributed by atoms with Crippen LogP contribution in [0.25, 0.3) is 5.69 Å². The van der Waals surface area contributed by atoms with Gasteiger partial charge in [-0.2, -0.15) is 4.68 Å². The van der Waals surface area contributed by atoms with E-state index in [-0.39, 0.29) is 22.9 Å². The summed E-state index contributed by atoms with van der Waals surface area (Å²) in [7, 11) is 0. The highest BCUT2D eigenvalue weighted by molar-refractivity contribution is 7.99. The number of hydrogen-bond donors (Lipinski definition) is 2. The normalized spacial score (nSPS) is 10.6. The highest BCUT2D eigenvalue weighted by Crippen LogP contribution is 2.24. The average Bonchev–Trinajstić information content (AvgIpc) is 3.08. The Bertz CT molecular complexity index is 982. The fraction of sp³-hybridized carbons (Fsp3) is 0.167. The molecule has 0 spiro atoms. The van der Waals surface area contributed by atoms with Crippen molar-refractivity contribution in [3.05, 3.63) is 59.2 Å². The fourth-order valence-corrected chi connectivity index (χ4v) is 3.32. The topological polar surface area (TPSA) is 110 Å². The van der Waals surface area contributed by atoms with Gasteiger partial charge in [0.25, 0.3) is 0 Å². The molecular weight excluding hydrogens is 366 g/mol. The number of amides is 1. The van der Waals surface area contributed by atoms with Crippen LogP contribution < -0.4 is 5.32 Å². The number of hydrogen-bond acceptors (Lipinski definition) is 6. The Morgan fingerprint density at radius 3 is 2.52 bits per heavy atom. The van der Waals surface area contributed by atoms with Gasteiger partial charge in [-0.25, -0.2) is 4.79 Å². The van der Waals surface area contributed by atoms with Crippen molar-refractivity contribution < 1.29 is 14.7 Å². The lowest BCUT2D eigenvalue weighted by molar-refractivity contribution is -0.113. The molecule has 1 heterocycles.